The van der Waals surface area contributed by atoms with Crippen LogP contribution in [0.5, 0.6) is 0 Å². The van der Waals surface area contributed by atoms with Gasteiger partial charge in [0.1, 0.15) is 0 Å². The van der Waals surface area contributed by atoms with Crippen LogP contribution in [0.25, 0.3) is 0 Å². The molecule has 0 spiro atoms. The minimum atomic E-state index is 0. The van der Waals surface area contributed by atoms with Gasteiger partial charge in [-0.1, -0.05) is 107 Å². The third-order valence-electron chi connectivity index (χ3n) is 7.89. The first-order chi connectivity index (χ1) is 20.7. The van der Waals surface area contributed by atoms with Crippen molar-refractivity contribution in [3.8, 4) is 0 Å². The van der Waals surface area contributed by atoms with Gasteiger partial charge < -0.3 is 23.3 Å². The summed E-state index contributed by atoms with van der Waals surface area (Å²) in [6.45, 7) is 30.0. The SMILES string of the molecule is CCCC[N+](CCCC)(CCCC)CCCC.CCCC[N+](CCCC)(CCCC)CCCC.O=[C-]Br.O=[C-]Br.O=[C-]Br.[Pd]. The fraction of sp³-hybridized carbons (Fsp3) is 0.914. The van der Waals surface area contributed by atoms with Crippen LogP contribution in [0.1, 0.15) is 158 Å². The van der Waals surface area contributed by atoms with Crippen LogP contribution < -0.4 is 0 Å². The number of hydrogen-bond acceptors (Lipinski definition) is 3. The maximum atomic E-state index is 8.60. The second kappa shape index (κ2) is 50.9. The van der Waals surface area contributed by atoms with Crippen molar-refractivity contribution in [3.05, 3.63) is 0 Å². The van der Waals surface area contributed by atoms with Gasteiger partial charge in [0.05, 0.1) is 52.4 Å². The molecule has 0 bridgehead atoms. The first-order valence-electron chi connectivity index (χ1n) is 17.4. The van der Waals surface area contributed by atoms with Gasteiger partial charge in [-0.25, -0.2) is 0 Å². The molecule has 0 fully saturated rings. The zero-order valence-corrected chi connectivity index (χ0v) is 36.4. The number of carbonyl (C=O) groups excluding carboxylic acids is 3. The summed E-state index contributed by atoms with van der Waals surface area (Å²) in [5.74, 6) is 0. The van der Waals surface area contributed by atoms with Crippen molar-refractivity contribution in [2.75, 3.05) is 52.4 Å². The smallest absolute Gasteiger partial charge is 0.0786 e. The van der Waals surface area contributed by atoms with Crippen molar-refractivity contribution < 1.29 is 43.8 Å². The Kier molecular flexibility index (Phi) is 66.3. The number of rotatable bonds is 24. The molecule has 0 saturated carbocycles. The molecule has 0 aliphatic carbocycles. The quantitative estimate of drug-likeness (QED) is 0.0420. The van der Waals surface area contributed by atoms with Crippen LogP contribution in [0.15, 0.2) is 0 Å². The van der Waals surface area contributed by atoms with Crippen molar-refractivity contribution in [3.63, 3.8) is 0 Å². The van der Waals surface area contributed by atoms with Crippen LogP contribution in [0.3, 0.4) is 0 Å². The van der Waals surface area contributed by atoms with Gasteiger partial charge in [0, 0.05) is 20.4 Å². The number of hydrogen-bond donors (Lipinski definition) is 0. The van der Waals surface area contributed by atoms with Crippen molar-refractivity contribution in [1.29, 1.82) is 0 Å². The Bertz CT molecular complexity index is 408. The Morgan fingerprint density at radius 1 is 0.341 bits per heavy atom. The van der Waals surface area contributed by atoms with E-state index in [1.54, 1.807) is 0 Å². The van der Waals surface area contributed by atoms with Gasteiger partial charge in [0.25, 0.3) is 0 Å². The molecule has 0 atom stereocenters. The third kappa shape index (κ3) is 45.2. The van der Waals surface area contributed by atoms with Gasteiger partial charge in [-0.2, -0.15) is 15.6 Å². The van der Waals surface area contributed by atoms with E-state index >= 15 is 0 Å². The molecule has 0 aromatic heterocycles. The summed E-state index contributed by atoms with van der Waals surface area (Å²) >= 11 is 7.02. The minimum absolute atomic E-state index is 0. The maximum Gasteiger partial charge on any atom is 0.0786 e. The summed E-state index contributed by atoms with van der Waals surface area (Å²) in [6, 6.07) is 0. The standard InChI is InChI=1S/2C16H36N.3CBrO.Pd/c2*1-5-9-13-17(14-10-6-2,15-11-7-3)16-12-8-4;3*2-1-3;/h2*5-16H2,1-4H3;;;;/q2*+1;3*-1;. The Labute approximate surface area is 315 Å². The second-order valence-corrected chi connectivity index (χ2v) is 12.5. The molecule has 0 amide bonds. The zero-order chi connectivity index (χ0) is 34.1. The molecule has 5 nitrogen and oxygen atoms in total. The molecule has 0 radical (unpaired) electrons. The monoisotopic (exact) mass is 911 g/mol. The summed E-state index contributed by atoms with van der Waals surface area (Å²) in [6.07, 6.45) is 22.1. The van der Waals surface area contributed by atoms with E-state index in [4.69, 9.17) is 14.4 Å². The van der Waals surface area contributed by atoms with Crippen molar-refractivity contribution in [2.45, 2.75) is 158 Å². The molecular formula is C35H72Br3N2O3Pd-. The molecule has 0 rings (SSSR count). The predicted octanol–water partition coefficient (Wildman–Crippen LogP) is 11.4. The van der Waals surface area contributed by atoms with Crippen molar-refractivity contribution in [1.82, 2.24) is 0 Å². The summed E-state index contributed by atoms with van der Waals surface area (Å²) < 4.78 is 2.84. The summed E-state index contributed by atoms with van der Waals surface area (Å²) in [5, 5.41) is 3.94. The number of nitrogens with zero attached hydrogens (tertiary/aromatic N) is 2. The van der Waals surface area contributed by atoms with E-state index in [0.29, 0.717) is 0 Å². The van der Waals surface area contributed by atoms with Gasteiger partial charge in [-0.05, 0) is 51.4 Å². The number of halogens is 3. The summed E-state index contributed by atoms with van der Waals surface area (Å²) in [5.41, 5.74) is 0. The van der Waals surface area contributed by atoms with Gasteiger partial charge in [0.15, 0.2) is 0 Å². The minimum Gasteiger partial charge on any atom is -0.530 e. The van der Waals surface area contributed by atoms with Gasteiger partial charge in [-0.3, -0.25) is 47.8 Å². The van der Waals surface area contributed by atoms with E-state index in [-0.39, 0.29) is 20.4 Å². The fourth-order valence-electron chi connectivity index (χ4n) is 5.29. The molecule has 0 N–H and O–H groups in total. The third-order valence-corrected chi connectivity index (χ3v) is 7.89. The molecule has 272 valence electrons. The molecule has 0 saturated heterocycles. The number of unbranched alkanes of at least 4 members (excludes halogenated alkanes) is 8. The second-order valence-electron chi connectivity index (χ2n) is 11.5. The van der Waals surface area contributed by atoms with Gasteiger partial charge in [0.2, 0.25) is 0 Å². The Balaban J connectivity index is -0.000000126. The normalized spacial score (nSPS) is 10.2. The molecule has 0 heterocycles. The summed E-state index contributed by atoms with van der Waals surface area (Å²) in [7, 11) is 0. The van der Waals surface area contributed by atoms with Crippen molar-refractivity contribution >= 4 is 63.4 Å². The Hall–Kier alpha value is 1.03. The van der Waals surface area contributed by atoms with E-state index in [1.807, 2.05) is 0 Å². The largest absolute Gasteiger partial charge is 0.530 e. The zero-order valence-electron chi connectivity index (χ0n) is 30.0. The molecule has 9 heteroatoms. The number of quaternary nitrogens is 2. The van der Waals surface area contributed by atoms with Crippen LogP contribution in [-0.2, 0) is 34.8 Å². The topological polar surface area (TPSA) is 51.2 Å². The maximum absolute atomic E-state index is 8.60. The van der Waals surface area contributed by atoms with Gasteiger partial charge >= 0.3 is 0 Å². The molecule has 0 aliphatic heterocycles. The van der Waals surface area contributed by atoms with E-state index in [9.17, 15) is 0 Å². The van der Waals surface area contributed by atoms with Crippen LogP contribution >= 0.6 is 47.8 Å². The summed E-state index contributed by atoms with van der Waals surface area (Å²) in [4.78, 5) is 25.8. The molecule has 0 aromatic carbocycles. The average Bonchev–Trinajstić information content (AvgIpc) is 3.01. The van der Waals surface area contributed by atoms with Crippen LogP contribution in [0, 0.1) is 0 Å². The van der Waals surface area contributed by atoms with E-state index < -0.39 is 0 Å². The molecule has 0 unspecified atom stereocenters. The average molecular weight is 915 g/mol. The van der Waals surface area contributed by atoms with E-state index in [0.717, 1.165) is 0 Å². The van der Waals surface area contributed by atoms with Crippen LogP contribution in [0.2, 0.25) is 0 Å². The van der Waals surface area contributed by atoms with Crippen LogP contribution in [0.4, 0.5) is 0 Å². The predicted molar refractivity (Wildman–Crippen MR) is 203 cm³/mol. The van der Waals surface area contributed by atoms with Gasteiger partial charge in [-0.15, -0.1) is 0 Å². The van der Waals surface area contributed by atoms with E-state index in [2.05, 4.69) is 103 Å². The first-order valence-corrected chi connectivity index (χ1v) is 19.7. The Morgan fingerprint density at radius 3 is 0.500 bits per heavy atom. The van der Waals surface area contributed by atoms with E-state index in [1.165, 1.54) is 180 Å². The molecule has 0 aliphatic rings. The first kappa shape index (κ1) is 57.3. The fourth-order valence-corrected chi connectivity index (χ4v) is 5.29. The Morgan fingerprint density at radius 2 is 0.432 bits per heavy atom. The molecular weight excluding hydrogens is 843 g/mol. The molecule has 44 heavy (non-hydrogen) atoms. The van der Waals surface area contributed by atoms with Crippen molar-refractivity contribution in [2.24, 2.45) is 0 Å². The van der Waals surface area contributed by atoms with Crippen LogP contribution in [-0.4, -0.2) is 76.9 Å². The molecule has 0 aromatic rings.